The average Bonchev–Trinajstić information content (AvgIpc) is 3.53. The summed E-state index contributed by atoms with van der Waals surface area (Å²) in [5.74, 6) is -0.558. The summed E-state index contributed by atoms with van der Waals surface area (Å²) in [4.78, 5) is 28.2. The van der Waals surface area contributed by atoms with Gasteiger partial charge in [-0.05, 0) is 73.2 Å². The number of hydrazine groups is 1. The van der Waals surface area contributed by atoms with Gasteiger partial charge in [-0.1, -0.05) is 37.3 Å². The quantitative estimate of drug-likeness (QED) is 0.561. The molecule has 2 N–H and O–H groups in total. The molecule has 0 bridgehead atoms. The minimum Gasteiger partial charge on any atom is -0.355 e. The zero-order valence-corrected chi connectivity index (χ0v) is 21.3. The minimum absolute atomic E-state index is 0.0258. The largest absolute Gasteiger partial charge is 0.355 e. The predicted molar refractivity (Wildman–Crippen MR) is 143 cm³/mol. The van der Waals surface area contributed by atoms with E-state index in [1.807, 2.05) is 48.5 Å². The molecule has 7 heteroatoms. The number of anilines is 1. The summed E-state index contributed by atoms with van der Waals surface area (Å²) < 4.78 is 13.5. The van der Waals surface area contributed by atoms with Crippen LogP contribution in [-0.4, -0.2) is 36.3 Å². The van der Waals surface area contributed by atoms with Crippen molar-refractivity contribution in [3.63, 3.8) is 0 Å². The molecular formula is C30H33FN4O2. The molecule has 2 aromatic rings. The van der Waals surface area contributed by atoms with Crippen LogP contribution in [0.15, 0.2) is 89.3 Å². The molecule has 2 amide bonds. The van der Waals surface area contributed by atoms with Gasteiger partial charge in [0.15, 0.2) is 0 Å². The van der Waals surface area contributed by atoms with Crippen LogP contribution in [0.4, 0.5) is 10.1 Å². The first kappa shape index (κ1) is 24.8. The van der Waals surface area contributed by atoms with Gasteiger partial charge in [-0.2, -0.15) is 0 Å². The van der Waals surface area contributed by atoms with Crippen LogP contribution in [0.2, 0.25) is 0 Å². The van der Waals surface area contributed by atoms with Crippen molar-refractivity contribution in [1.82, 2.24) is 15.6 Å². The van der Waals surface area contributed by atoms with Gasteiger partial charge in [-0.25, -0.2) is 4.39 Å². The molecule has 5 rings (SSSR count). The van der Waals surface area contributed by atoms with Crippen molar-refractivity contribution in [2.24, 2.45) is 11.8 Å². The monoisotopic (exact) mass is 500 g/mol. The van der Waals surface area contributed by atoms with Crippen molar-refractivity contribution in [3.8, 4) is 0 Å². The van der Waals surface area contributed by atoms with Gasteiger partial charge in [0.05, 0.1) is 23.8 Å². The Morgan fingerprint density at radius 2 is 1.89 bits per heavy atom. The number of allylic oxidation sites excluding steroid dienone is 3. The van der Waals surface area contributed by atoms with Crippen LogP contribution < -0.4 is 15.8 Å². The number of rotatable bonds is 8. The van der Waals surface area contributed by atoms with Gasteiger partial charge in [0.1, 0.15) is 5.82 Å². The molecule has 0 unspecified atom stereocenters. The lowest BCUT2D eigenvalue weighted by atomic mass is 9.80. The van der Waals surface area contributed by atoms with Gasteiger partial charge < -0.3 is 15.6 Å². The Kier molecular flexibility index (Phi) is 7.12. The van der Waals surface area contributed by atoms with E-state index in [1.165, 1.54) is 17.7 Å². The number of amides is 2. The van der Waals surface area contributed by atoms with E-state index in [-0.39, 0.29) is 36.0 Å². The number of hydrogen-bond donors (Lipinski definition) is 2. The highest BCUT2D eigenvalue weighted by atomic mass is 19.1. The summed E-state index contributed by atoms with van der Waals surface area (Å²) in [7, 11) is 0. The number of fused-ring (bicyclic) bond motifs is 1. The van der Waals surface area contributed by atoms with Crippen molar-refractivity contribution < 1.29 is 14.0 Å². The maximum atomic E-state index is 13.9. The van der Waals surface area contributed by atoms with E-state index in [4.69, 9.17) is 0 Å². The summed E-state index contributed by atoms with van der Waals surface area (Å²) in [6.45, 7) is 5.13. The Hall–Kier alpha value is -3.87. The van der Waals surface area contributed by atoms with E-state index in [2.05, 4.69) is 23.7 Å². The maximum absolute atomic E-state index is 13.9. The van der Waals surface area contributed by atoms with Crippen molar-refractivity contribution in [2.75, 3.05) is 24.6 Å². The fourth-order valence-electron chi connectivity index (χ4n) is 5.68. The summed E-state index contributed by atoms with van der Waals surface area (Å²) in [6.07, 6.45) is 6.40. The minimum atomic E-state index is -0.270. The van der Waals surface area contributed by atoms with Crippen LogP contribution in [0.5, 0.6) is 0 Å². The number of likely N-dealkylation sites (N-methyl/N-ethyl adjacent to an activating group) is 1. The van der Waals surface area contributed by atoms with E-state index in [1.54, 1.807) is 17.0 Å². The van der Waals surface area contributed by atoms with E-state index < -0.39 is 0 Å². The highest BCUT2D eigenvalue weighted by Crippen LogP contribution is 2.48. The second-order valence-corrected chi connectivity index (χ2v) is 9.81. The predicted octanol–water partition coefficient (Wildman–Crippen LogP) is 4.48. The molecule has 0 aromatic heterocycles. The van der Waals surface area contributed by atoms with Gasteiger partial charge in [-0.15, -0.1) is 0 Å². The molecule has 0 saturated heterocycles. The number of halogens is 1. The lowest BCUT2D eigenvalue weighted by molar-refractivity contribution is -0.138. The highest BCUT2D eigenvalue weighted by molar-refractivity contribution is 5.88. The highest BCUT2D eigenvalue weighted by Gasteiger charge is 2.42. The molecule has 2 aliphatic carbocycles. The number of nitrogens with zero attached hydrogens (tertiary/aromatic N) is 2. The number of nitrogens with one attached hydrogen (secondary N) is 2. The molecule has 2 atom stereocenters. The molecular weight excluding hydrogens is 467 g/mol. The van der Waals surface area contributed by atoms with Crippen molar-refractivity contribution in [3.05, 3.63) is 101 Å². The first-order valence-corrected chi connectivity index (χ1v) is 13.0. The number of hydrogen-bond acceptors (Lipinski definition) is 4. The Labute approximate surface area is 217 Å². The van der Waals surface area contributed by atoms with Gasteiger partial charge in [0.25, 0.3) is 0 Å². The molecule has 0 radical (unpaired) electrons. The zero-order chi connectivity index (χ0) is 25.9. The third-order valence-electron chi connectivity index (χ3n) is 7.49. The van der Waals surface area contributed by atoms with Crippen LogP contribution in [0.25, 0.3) is 0 Å². The summed E-state index contributed by atoms with van der Waals surface area (Å²) in [5.41, 5.74) is 9.80. The molecule has 37 heavy (non-hydrogen) atoms. The molecule has 1 heterocycles. The van der Waals surface area contributed by atoms with Gasteiger partial charge in [0.2, 0.25) is 11.8 Å². The third kappa shape index (κ3) is 5.03. The molecule has 192 valence electrons. The summed E-state index contributed by atoms with van der Waals surface area (Å²) >= 11 is 0. The van der Waals surface area contributed by atoms with E-state index in [9.17, 15) is 14.0 Å². The Morgan fingerprint density at radius 3 is 2.62 bits per heavy atom. The second kappa shape index (κ2) is 10.6. The molecule has 0 saturated carbocycles. The van der Waals surface area contributed by atoms with Gasteiger partial charge >= 0.3 is 0 Å². The molecule has 2 aromatic carbocycles. The number of carbonyl (C=O) groups is 2. The first-order valence-electron chi connectivity index (χ1n) is 13.0. The second-order valence-electron chi connectivity index (χ2n) is 9.81. The fraction of sp³-hybridized carbons (Fsp3) is 0.333. The zero-order valence-electron chi connectivity index (χ0n) is 21.3. The maximum Gasteiger partial charge on any atom is 0.239 e. The summed E-state index contributed by atoms with van der Waals surface area (Å²) in [5, 5.41) is 4.80. The third-order valence-corrected chi connectivity index (χ3v) is 7.49. The van der Waals surface area contributed by atoms with Crippen molar-refractivity contribution >= 4 is 17.5 Å². The lowest BCUT2D eigenvalue weighted by Gasteiger charge is -2.31. The molecule has 0 fully saturated rings. The molecule has 0 spiro atoms. The Bertz CT molecular complexity index is 1270. The van der Waals surface area contributed by atoms with Crippen LogP contribution in [0, 0.1) is 17.7 Å². The van der Waals surface area contributed by atoms with Gasteiger partial charge in [-0.3, -0.25) is 14.6 Å². The van der Waals surface area contributed by atoms with Crippen LogP contribution in [-0.2, 0) is 16.0 Å². The topological polar surface area (TPSA) is 64.7 Å². The molecule has 3 aliphatic rings. The average molecular weight is 501 g/mol. The summed E-state index contributed by atoms with van der Waals surface area (Å²) in [6, 6.07) is 16.5. The standard InChI is InChI=1S/C30H33FN4O2/c1-3-32-28(36)19-34(16-15-21-7-5-4-6-8-21)30(37)25-14-9-22-17-27-26(20(2)29(22)25)18-33-35(27)24-12-10-23(31)11-13-24/h4-8,10-13,17-18,20,25,33H,3,9,14-16,19H2,1-2H3,(H,32,36)/t20-,25-/m0/s1. The van der Waals surface area contributed by atoms with Crippen LogP contribution >= 0.6 is 0 Å². The fourth-order valence-corrected chi connectivity index (χ4v) is 5.68. The normalized spacial score (nSPS) is 20.0. The van der Waals surface area contributed by atoms with E-state index in [0.29, 0.717) is 19.5 Å². The van der Waals surface area contributed by atoms with Crippen LogP contribution in [0.1, 0.15) is 32.3 Å². The Balaban J connectivity index is 1.39. The lowest BCUT2D eigenvalue weighted by Crippen LogP contribution is -2.44. The Morgan fingerprint density at radius 1 is 1.14 bits per heavy atom. The first-order chi connectivity index (χ1) is 18.0. The van der Waals surface area contributed by atoms with Gasteiger partial charge in [0, 0.05) is 30.8 Å². The SMILES string of the molecule is CCNC(=O)CN(CCc1ccccc1)C(=O)[C@H]1CCC2=C1[C@@H](C)C1=CNN(c3ccc(F)cc3)C1=C2. The van der Waals surface area contributed by atoms with Crippen molar-refractivity contribution in [2.45, 2.75) is 33.1 Å². The molecule has 1 aliphatic heterocycles. The number of benzene rings is 2. The molecule has 6 nitrogen and oxygen atoms in total. The van der Waals surface area contributed by atoms with Crippen molar-refractivity contribution in [1.29, 1.82) is 0 Å². The van der Waals surface area contributed by atoms with E-state index >= 15 is 0 Å². The van der Waals surface area contributed by atoms with E-state index in [0.717, 1.165) is 40.9 Å². The van der Waals surface area contributed by atoms with Crippen LogP contribution in [0.3, 0.4) is 0 Å². The number of carbonyl (C=O) groups excluding carboxylic acids is 2. The smallest absolute Gasteiger partial charge is 0.239 e.